The maximum atomic E-state index is 10.8. The second-order valence-electron chi connectivity index (χ2n) is 6.39. The fourth-order valence-electron chi connectivity index (χ4n) is 1.10. The summed E-state index contributed by atoms with van der Waals surface area (Å²) in [5.41, 5.74) is 0. The van der Waals surface area contributed by atoms with Gasteiger partial charge in [-0.25, -0.2) is 0 Å². The second kappa shape index (κ2) is 10.1. The average molecular weight is 564 g/mol. The predicted octanol–water partition coefficient (Wildman–Crippen LogP) is 2.94. The summed E-state index contributed by atoms with van der Waals surface area (Å²) in [6.45, 7) is 14.8. The molecule has 0 amide bonds. The molecule has 1 atom stereocenters. The minimum absolute atomic E-state index is 0. The Balaban J connectivity index is 0. The molecule has 0 radical (unpaired) electrons. The molecule has 0 aromatic rings. The summed E-state index contributed by atoms with van der Waals surface area (Å²) in [5.74, 6) is 0. The summed E-state index contributed by atoms with van der Waals surface area (Å²) >= 11 is 0. The van der Waals surface area contributed by atoms with Gasteiger partial charge in [0.1, 0.15) is 0 Å². The third-order valence-corrected chi connectivity index (χ3v) is 8.60. The van der Waals surface area contributed by atoms with E-state index in [0.717, 1.165) is 12.7 Å². The van der Waals surface area contributed by atoms with Crippen molar-refractivity contribution in [2.24, 2.45) is 0 Å². The van der Waals surface area contributed by atoms with Crippen LogP contribution < -0.4 is 0 Å². The largest absolute Gasteiger partial charge is 0.546 e. The van der Waals surface area contributed by atoms with Crippen molar-refractivity contribution in [3.8, 4) is 0 Å². The molecule has 0 saturated carbocycles. The van der Waals surface area contributed by atoms with Crippen LogP contribution in [0, 0.1) is 37.7 Å². The molecule has 21 heavy (non-hydrogen) atoms. The van der Waals surface area contributed by atoms with Gasteiger partial charge < -0.3 is 13.3 Å². The van der Waals surface area contributed by atoms with Gasteiger partial charge in [0.05, 0.1) is 12.9 Å². The zero-order valence-electron chi connectivity index (χ0n) is 14.2. The molecule has 0 heterocycles. The van der Waals surface area contributed by atoms with E-state index in [2.05, 4.69) is 38.0 Å². The van der Waals surface area contributed by atoms with Crippen molar-refractivity contribution >= 4 is 18.4 Å². The van der Waals surface area contributed by atoms with Crippen LogP contribution >= 0.6 is 0 Å². The van der Waals surface area contributed by atoms with Gasteiger partial charge in [-0.3, -0.25) is 0 Å². The van der Waals surface area contributed by atoms with Gasteiger partial charge >= 0.3 is 0 Å². The first-order valence-electron chi connectivity index (χ1n) is 6.84. The fraction of sp³-hybridized carbons (Fsp3) is 0.923. The first kappa shape index (κ1) is 24.4. The summed E-state index contributed by atoms with van der Waals surface area (Å²) in [5, 5.41) is 0.161. The first-order chi connectivity index (χ1) is 8.89. The van der Waals surface area contributed by atoms with Crippen molar-refractivity contribution in [2.75, 3.05) is 19.5 Å². The molecule has 0 aromatic carbocycles. The Morgan fingerprint density at radius 3 is 2.14 bits per heavy atom. The number of ether oxygens (including phenoxy) is 1. The van der Waals surface area contributed by atoms with Gasteiger partial charge in [0, 0.05) is 37.2 Å². The fourth-order valence-corrected chi connectivity index (χ4v) is 2.44. The molecule has 0 aromatic heterocycles. The van der Waals surface area contributed by atoms with Gasteiger partial charge in [-0.1, -0.05) is 27.7 Å². The summed E-state index contributed by atoms with van der Waals surface area (Å²) in [7, 11) is -5.20. The van der Waals surface area contributed by atoms with E-state index in [9.17, 15) is 8.42 Å². The van der Waals surface area contributed by atoms with E-state index in [1.165, 1.54) is 6.61 Å². The van der Waals surface area contributed by atoms with Gasteiger partial charge in [-0.15, -0.1) is 0 Å². The van der Waals surface area contributed by atoms with Crippen molar-refractivity contribution in [2.45, 2.75) is 58.4 Å². The average Bonchev–Trinajstić information content (AvgIpc) is 2.25. The topological polar surface area (TPSA) is 61.8 Å². The molecule has 0 saturated heterocycles. The zero-order chi connectivity index (χ0) is 16.0. The van der Waals surface area contributed by atoms with Crippen LogP contribution in [0.1, 0.15) is 34.1 Å². The summed E-state index contributed by atoms with van der Waals surface area (Å²) in [6.07, 6.45) is 1.73. The SMILES string of the molecule is CC[C@H](CO[Si](C)(C)C(C)(C)C)O[CH-]COS(C)(=O)=O.[U]. The van der Waals surface area contributed by atoms with Crippen LogP contribution in [-0.4, -0.2) is 42.3 Å². The molecule has 0 fully saturated rings. The molecule has 8 heteroatoms. The molecular formula is C13H29O5SSiU-. The molecule has 0 aliphatic rings. The molecule has 0 aliphatic carbocycles. The van der Waals surface area contributed by atoms with Gasteiger partial charge in [-0.05, 0) is 31.2 Å². The Morgan fingerprint density at radius 2 is 1.76 bits per heavy atom. The third-order valence-electron chi connectivity index (χ3n) is 3.53. The van der Waals surface area contributed by atoms with E-state index < -0.39 is 18.4 Å². The van der Waals surface area contributed by atoms with Gasteiger partial charge in [0.15, 0.2) is 8.32 Å². The van der Waals surface area contributed by atoms with Crippen LogP contribution in [0.3, 0.4) is 0 Å². The molecule has 0 bridgehead atoms. The van der Waals surface area contributed by atoms with Gasteiger partial charge in [-0.2, -0.15) is 15.0 Å². The van der Waals surface area contributed by atoms with E-state index >= 15 is 0 Å². The van der Waals surface area contributed by atoms with Crippen molar-refractivity contribution in [3.05, 3.63) is 6.61 Å². The van der Waals surface area contributed by atoms with E-state index in [1.54, 1.807) is 0 Å². The Morgan fingerprint density at radius 1 is 1.24 bits per heavy atom. The molecule has 0 rings (SSSR count). The quantitative estimate of drug-likeness (QED) is 0.187. The summed E-state index contributed by atoms with van der Waals surface area (Å²) in [4.78, 5) is 0. The van der Waals surface area contributed by atoms with Crippen LogP contribution in [0.4, 0.5) is 0 Å². The third kappa shape index (κ3) is 11.3. The number of hydrogen-bond donors (Lipinski definition) is 0. The van der Waals surface area contributed by atoms with Crippen LogP contribution in [0.15, 0.2) is 0 Å². The minimum atomic E-state index is -3.42. The maximum Gasteiger partial charge on any atom is 0.261 e. The molecular weight excluding hydrogens is 534 g/mol. The molecule has 5 nitrogen and oxygen atoms in total. The Hall–Kier alpha value is 1.10. The van der Waals surface area contributed by atoms with Crippen LogP contribution in [-0.2, 0) is 23.5 Å². The van der Waals surface area contributed by atoms with E-state index in [1.807, 2.05) is 6.92 Å². The summed E-state index contributed by atoms with van der Waals surface area (Å²) < 4.78 is 37.7. The molecule has 126 valence electrons. The van der Waals surface area contributed by atoms with Crippen LogP contribution in [0.25, 0.3) is 0 Å². The summed E-state index contributed by atoms with van der Waals surface area (Å²) in [6, 6.07) is 0. The van der Waals surface area contributed by atoms with Crippen LogP contribution in [0.5, 0.6) is 0 Å². The van der Waals surface area contributed by atoms with Crippen molar-refractivity contribution in [1.82, 2.24) is 0 Å². The second-order valence-corrected chi connectivity index (χ2v) is 12.8. The first-order valence-corrected chi connectivity index (χ1v) is 11.6. The number of hydrogen-bond acceptors (Lipinski definition) is 5. The van der Waals surface area contributed by atoms with Gasteiger partial charge in [0.25, 0.3) is 10.1 Å². The number of rotatable bonds is 9. The minimum Gasteiger partial charge on any atom is -0.546 e. The van der Waals surface area contributed by atoms with E-state index in [-0.39, 0.29) is 48.9 Å². The smallest absolute Gasteiger partial charge is 0.261 e. The Kier molecular flexibility index (Phi) is 11.7. The zero-order valence-corrected chi connectivity index (χ0v) is 20.2. The van der Waals surface area contributed by atoms with Crippen molar-refractivity contribution in [1.29, 1.82) is 0 Å². The van der Waals surface area contributed by atoms with E-state index in [0.29, 0.717) is 6.61 Å². The molecule has 0 aliphatic heterocycles. The van der Waals surface area contributed by atoms with Gasteiger partial charge in [0.2, 0.25) is 0 Å². The maximum absolute atomic E-state index is 10.8. The molecule has 0 unspecified atom stereocenters. The monoisotopic (exact) mass is 563 g/mol. The van der Waals surface area contributed by atoms with Crippen LogP contribution in [0.2, 0.25) is 18.1 Å². The Bertz CT molecular complexity index is 379. The van der Waals surface area contributed by atoms with Crippen molar-refractivity contribution < 1.29 is 52.9 Å². The standard InChI is InChI=1S/C13H29O5SSi.U/c1-8-12(16-9-10-17-19(5,14)15)11-18-20(6,7)13(2,3)4;/h9,12H,8,10-11H2,1-7H3;/q-1;/t12-;/m1./s1. The Labute approximate surface area is 155 Å². The normalized spacial score (nSPS) is 14.6. The molecule has 0 spiro atoms. The van der Waals surface area contributed by atoms with E-state index in [4.69, 9.17) is 9.16 Å². The predicted molar refractivity (Wildman–Crippen MR) is 83.4 cm³/mol. The molecule has 0 N–H and O–H groups in total. The van der Waals surface area contributed by atoms with Crippen molar-refractivity contribution in [3.63, 3.8) is 0 Å².